The molecule has 0 amide bonds. The zero-order chi connectivity index (χ0) is 15.3. The molecule has 3 N–H and O–H groups in total. The van der Waals surface area contributed by atoms with E-state index < -0.39 is 12.0 Å². The molecular formula is C16H23F2NOS. The first-order chi connectivity index (χ1) is 10.00. The highest BCUT2D eigenvalue weighted by atomic mass is 32.2. The van der Waals surface area contributed by atoms with E-state index in [1.165, 1.54) is 0 Å². The average molecular weight is 315 g/mol. The van der Waals surface area contributed by atoms with Gasteiger partial charge in [0.2, 0.25) is 5.92 Å². The van der Waals surface area contributed by atoms with E-state index in [0.29, 0.717) is 31.7 Å². The highest BCUT2D eigenvalue weighted by Gasteiger charge is 2.34. The third kappa shape index (κ3) is 5.24. The fourth-order valence-corrected chi connectivity index (χ4v) is 3.77. The number of hydrogen-bond donors (Lipinski definition) is 2. The van der Waals surface area contributed by atoms with Crippen LogP contribution < -0.4 is 5.73 Å². The van der Waals surface area contributed by atoms with E-state index in [4.69, 9.17) is 5.73 Å². The summed E-state index contributed by atoms with van der Waals surface area (Å²) in [5.41, 5.74) is 6.33. The SMILES string of the molecule is NCCC(O)c1cccc(SCC2CCC(F)(F)CC2)c1. The van der Waals surface area contributed by atoms with Gasteiger partial charge in [0.1, 0.15) is 0 Å². The molecule has 0 aromatic heterocycles. The summed E-state index contributed by atoms with van der Waals surface area (Å²) in [4.78, 5) is 1.08. The first-order valence-corrected chi connectivity index (χ1v) is 8.47. The van der Waals surface area contributed by atoms with Gasteiger partial charge in [0.25, 0.3) is 0 Å². The predicted molar refractivity (Wildman–Crippen MR) is 82.7 cm³/mol. The van der Waals surface area contributed by atoms with Crippen molar-refractivity contribution >= 4 is 11.8 Å². The molecule has 1 aliphatic carbocycles. The standard InChI is InChI=1S/C16H23F2NOS/c17-16(18)7-4-12(5-8-16)11-21-14-3-1-2-13(10-14)15(20)6-9-19/h1-3,10,12,15,20H,4-9,11,19H2. The van der Waals surface area contributed by atoms with E-state index in [0.717, 1.165) is 16.2 Å². The summed E-state index contributed by atoms with van der Waals surface area (Å²) in [7, 11) is 0. The van der Waals surface area contributed by atoms with Crippen molar-refractivity contribution in [2.45, 2.75) is 49.0 Å². The van der Waals surface area contributed by atoms with Crippen molar-refractivity contribution in [1.29, 1.82) is 0 Å². The van der Waals surface area contributed by atoms with Crippen LogP contribution in [0.2, 0.25) is 0 Å². The highest BCUT2D eigenvalue weighted by molar-refractivity contribution is 7.99. The summed E-state index contributed by atoms with van der Waals surface area (Å²) in [6, 6.07) is 7.79. The Labute approximate surface area is 129 Å². The minimum atomic E-state index is -2.45. The number of hydrogen-bond acceptors (Lipinski definition) is 3. The minimum absolute atomic E-state index is 0.0213. The molecule has 2 rings (SSSR count). The molecule has 2 nitrogen and oxygen atoms in total. The Balaban J connectivity index is 1.85. The molecule has 118 valence electrons. The monoisotopic (exact) mass is 315 g/mol. The van der Waals surface area contributed by atoms with Gasteiger partial charge in [-0.2, -0.15) is 0 Å². The maximum absolute atomic E-state index is 13.1. The van der Waals surface area contributed by atoms with Crippen LogP contribution >= 0.6 is 11.8 Å². The van der Waals surface area contributed by atoms with Crippen molar-refractivity contribution in [3.8, 4) is 0 Å². The van der Waals surface area contributed by atoms with Gasteiger partial charge >= 0.3 is 0 Å². The molecule has 1 aromatic carbocycles. The molecule has 21 heavy (non-hydrogen) atoms. The molecule has 1 atom stereocenters. The van der Waals surface area contributed by atoms with Crippen molar-refractivity contribution in [3.05, 3.63) is 29.8 Å². The lowest BCUT2D eigenvalue weighted by Gasteiger charge is -2.27. The number of rotatable bonds is 6. The molecule has 1 aromatic rings. The summed E-state index contributed by atoms with van der Waals surface area (Å²) >= 11 is 1.69. The Morgan fingerprint density at radius 2 is 2.05 bits per heavy atom. The highest BCUT2D eigenvalue weighted by Crippen LogP contribution is 2.38. The lowest BCUT2D eigenvalue weighted by molar-refractivity contribution is -0.0433. The normalized spacial score (nSPS) is 20.4. The second-order valence-corrected chi connectivity index (χ2v) is 6.87. The third-order valence-corrected chi connectivity index (χ3v) is 5.23. The Kier molecular flexibility index (Phi) is 6.02. The second kappa shape index (κ2) is 7.56. The molecule has 1 aliphatic rings. The molecule has 1 unspecified atom stereocenters. The molecule has 1 fully saturated rings. The maximum atomic E-state index is 13.1. The predicted octanol–water partition coefficient (Wildman–Crippen LogP) is 3.99. The molecule has 0 aliphatic heterocycles. The molecule has 1 saturated carbocycles. The maximum Gasteiger partial charge on any atom is 0.248 e. The van der Waals surface area contributed by atoms with E-state index in [9.17, 15) is 13.9 Å². The van der Waals surface area contributed by atoms with Crippen molar-refractivity contribution in [2.75, 3.05) is 12.3 Å². The minimum Gasteiger partial charge on any atom is -0.388 e. The van der Waals surface area contributed by atoms with Crippen LogP contribution in [0.1, 0.15) is 43.8 Å². The molecule has 0 heterocycles. The summed E-state index contributed by atoms with van der Waals surface area (Å²) in [5.74, 6) is -1.22. The molecule has 0 radical (unpaired) electrons. The molecule has 0 spiro atoms. The lowest BCUT2D eigenvalue weighted by atomic mass is 9.88. The van der Waals surface area contributed by atoms with Gasteiger partial charge in [-0.3, -0.25) is 0 Å². The number of aliphatic hydroxyl groups excluding tert-OH is 1. The van der Waals surface area contributed by atoms with Gasteiger partial charge in [-0.25, -0.2) is 8.78 Å². The number of alkyl halides is 2. The quantitative estimate of drug-likeness (QED) is 0.780. The Morgan fingerprint density at radius 3 is 2.71 bits per heavy atom. The van der Waals surface area contributed by atoms with Gasteiger partial charge in [-0.15, -0.1) is 11.8 Å². The zero-order valence-corrected chi connectivity index (χ0v) is 12.9. The lowest BCUT2D eigenvalue weighted by Crippen LogP contribution is -2.25. The van der Waals surface area contributed by atoms with Crippen molar-refractivity contribution in [3.63, 3.8) is 0 Å². The Bertz CT molecular complexity index is 446. The number of aliphatic hydroxyl groups is 1. The Hall–Kier alpha value is -0.650. The zero-order valence-electron chi connectivity index (χ0n) is 12.1. The van der Waals surface area contributed by atoms with Crippen LogP contribution in [0.4, 0.5) is 8.78 Å². The number of benzene rings is 1. The third-order valence-electron chi connectivity index (χ3n) is 4.01. The van der Waals surface area contributed by atoms with Gasteiger partial charge in [-0.05, 0) is 49.4 Å². The van der Waals surface area contributed by atoms with Gasteiger partial charge < -0.3 is 10.8 Å². The largest absolute Gasteiger partial charge is 0.388 e. The van der Waals surface area contributed by atoms with Crippen molar-refractivity contribution in [1.82, 2.24) is 0 Å². The second-order valence-electron chi connectivity index (χ2n) is 5.78. The number of nitrogens with two attached hydrogens (primary N) is 1. The van der Waals surface area contributed by atoms with E-state index in [1.54, 1.807) is 11.8 Å². The summed E-state index contributed by atoms with van der Waals surface area (Å²) in [6.45, 7) is 0.453. The average Bonchev–Trinajstić information content (AvgIpc) is 2.47. The van der Waals surface area contributed by atoms with Gasteiger partial charge in [0.05, 0.1) is 6.10 Å². The van der Waals surface area contributed by atoms with E-state index in [1.807, 2.05) is 24.3 Å². The van der Waals surface area contributed by atoms with Crippen LogP contribution in [0.5, 0.6) is 0 Å². The smallest absolute Gasteiger partial charge is 0.248 e. The molecule has 0 saturated heterocycles. The van der Waals surface area contributed by atoms with E-state index >= 15 is 0 Å². The summed E-state index contributed by atoms with van der Waals surface area (Å²) in [6.07, 6.45) is 1.28. The van der Waals surface area contributed by atoms with E-state index in [2.05, 4.69) is 0 Å². The first kappa shape index (κ1) is 16.7. The molecule has 0 bridgehead atoms. The first-order valence-electron chi connectivity index (χ1n) is 7.49. The fraction of sp³-hybridized carbons (Fsp3) is 0.625. The van der Waals surface area contributed by atoms with Crippen LogP contribution in [0, 0.1) is 5.92 Å². The van der Waals surface area contributed by atoms with Crippen LogP contribution in [0.15, 0.2) is 29.2 Å². The van der Waals surface area contributed by atoms with Crippen LogP contribution in [-0.2, 0) is 0 Å². The summed E-state index contributed by atoms with van der Waals surface area (Å²) in [5, 5.41) is 9.95. The van der Waals surface area contributed by atoms with Gasteiger partial charge in [0, 0.05) is 23.5 Å². The number of halogens is 2. The topological polar surface area (TPSA) is 46.2 Å². The van der Waals surface area contributed by atoms with E-state index in [-0.39, 0.29) is 12.8 Å². The molecular weight excluding hydrogens is 292 g/mol. The Morgan fingerprint density at radius 1 is 1.33 bits per heavy atom. The van der Waals surface area contributed by atoms with Gasteiger partial charge in [-0.1, -0.05) is 12.1 Å². The van der Waals surface area contributed by atoms with Crippen LogP contribution in [0.3, 0.4) is 0 Å². The van der Waals surface area contributed by atoms with Crippen molar-refractivity contribution in [2.24, 2.45) is 11.7 Å². The van der Waals surface area contributed by atoms with Gasteiger partial charge in [0.15, 0.2) is 0 Å². The molecule has 5 heteroatoms. The number of thioether (sulfide) groups is 1. The summed E-state index contributed by atoms with van der Waals surface area (Å²) < 4.78 is 26.2. The van der Waals surface area contributed by atoms with Crippen LogP contribution in [-0.4, -0.2) is 23.3 Å². The fourth-order valence-electron chi connectivity index (χ4n) is 2.62. The van der Waals surface area contributed by atoms with Crippen LogP contribution in [0.25, 0.3) is 0 Å². The van der Waals surface area contributed by atoms with Crippen molar-refractivity contribution < 1.29 is 13.9 Å².